The second-order valence-electron chi connectivity index (χ2n) is 11.4. The maximum atomic E-state index is 6.36. The van der Waals surface area contributed by atoms with Gasteiger partial charge in [0.25, 0.3) is 0 Å². The van der Waals surface area contributed by atoms with Crippen molar-refractivity contribution in [3.63, 3.8) is 0 Å². The van der Waals surface area contributed by atoms with Gasteiger partial charge < -0.3 is 5.73 Å². The van der Waals surface area contributed by atoms with Gasteiger partial charge in [0.1, 0.15) is 0 Å². The van der Waals surface area contributed by atoms with Crippen LogP contribution in [-0.2, 0) is 0 Å². The van der Waals surface area contributed by atoms with Crippen molar-refractivity contribution in [1.82, 2.24) is 0 Å². The van der Waals surface area contributed by atoms with E-state index in [0.29, 0.717) is 16.7 Å². The molecule has 0 saturated heterocycles. The van der Waals surface area contributed by atoms with E-state index in [1.807, 2.05) is 0 Å². The molecule has 2 N–H and O–H groups in total. The van der Waals surface area contributed by atoms with Crippen LogP contribution in [-0.4, -0.2) is 6.04 Å². The SMILES string of the molecule is CC(N)C1(CC#Cc2ccc(C3CC(C)(C)CC(C)(C)C3)cc2)CCCCC1. The molecule has 1 nitrogen and oxygen atoms in total. The summed E-state index contributed by atoms with van der Waals surface area (Å²) in [5.41, 5.74) is 10.1. The lowest BCUT2D eigenvalue weighted by atomic mass is 9.60. The van der Waals surface area contributed by atoms with E-state index in [4.69, 9.17) is 5.73 Å². The van der Waals surface area contributed by atoms with Gasteiger partial charge in [-0.3, -0.25) is 0 Å². The Morgan fingerprint density at radius 2 is 1.54 bits per heavy atom. The Bertz CT molecular complexity index is 689. The summed E-state index contributed by atoms with van der Waals surface area (Å²) in [6.07, 6.45) is 11.3. The first kappa shape index (κ1) is 21.4. The molecule has 0 radical (unpaired) electrons. The lowest BCUT2D eigenvalue weighted by Crippen LogP contribution is -2.40. The van der Waals surface area contributed by atoms with Crippen LogP contribution < -0.4 is 5.73 Å². The molecule has 0 aliphatic heterocycles. The summed E-state index contributed by atoms with van der Waals surface area (Å²) < 4.78 is 0. The number of nitrogens with two attached hydrogens (primary N) is 1. The lowest BCUT2D eigenvalue weighted by molar-refractivity contribution is 0.0969. The van der Waals surface area contributed by atoms with Crippen molar-refractivity contribution in [2.45, 2.75) is 104 Å². The fraction of sp³-hybridized carbons (Fsp3) is 0.704. The zero-order chi connectivity index (χ0) is 20.4. The van der Waals surface area contributed by atoms with Gasteiger partial charge in [-0.05, 0) is 78.9 Å². The molecule has 1 unspecified atom stereocenters. The minimum Gasteiger partial charge on any atom is -0.327 e. The average molecular weight is 380 g/mol. The minimum atomic E-state index is 0.238. The normalized spacial score (nSPS) is 24.8. The Morgan fingerprint density at radius 3 is 2.07 bits per heavy atom. The lowest BCUT2D eigenvalue weighted by Gasteiger charge is -2.45. The molecule has 0 amide bonds. The summed E-state index contributed by atoms with van der Waals surface area (Å²) in [7, 11) is 0. The van der Waals surface area contributed by atoms with Crippen LogP contribution in [0.1, 0.15) is 109 Å². The molecule has 2 aliphatic rings. The fourth-order valence-electron chi connectivity index (χ4n) is 6.29. The van der Waals surface area contributed by atoms with Gasteiger partial charge in [0.05, 0.1) is 0 Å². The molecule has 2 saturated carbocycles. The molecule has 28 heavy (non-hydrogen) atoms. The Morgan fingerprint density at radius 1 is 0.964 bits per heavy atom. The summed E-state index contributed by atoms with van der Waals surface area (Å²) in [5, 5.41) is 0. The van der Waals surface area contributed by atoms with Crippen molar-refractivity contribution in [3.05, 3.63) is 35.4 Å². The monoisotopic (exact) mass is 379 g/mol. The maximum Gasteiger partial charge on any atom is 0.0245 e. The Hall–Kier alpha value is -1.26. The highest BCUT2D eigenvalue weighted by atomic mass is 14.7. The third kappa shape index (κ3) is 5.21. The third-order valence-electron chi connectivity index (χ3n) is 7.43. The smallest absolute Gasteiger partial charge is 0.0245 e. The Balaban J connectivity index is 1.68. The zero-order valence-electron chi connectivity index (χ0n) is 18.9. The highest BCUT2D eigenvalue weighted by Gasteiger charge is 2.39. The maximum absolute atomic E-state index is 6.36. The van der Waals surface area contributed by atoms with Crippen molar-refractivity contribution in [3.8, 4) is 11.8 Å². The van der Waals surface area contributed by atoms with Crippen molar-refractivity contribution < 1.29 is 0 Å². The van der Waals surface area contributed by atoms with Gasteiger partial charge in [-0.25, -0.2) is 0 Å². The molecule has 1 aromatic rings. The molecule has 1 atom stereocenters. The van der Waals surface area contributed by atoms with Crippen molar-refractivity contribution in [2.24, 2.45) is 22.0 Å². The molecule has 0 heterocycles. The predicted octanol–water partition coefficient (Wildman–Crippen LogP) is 7.05. The number of hydrogen-bond acceptors (Lipinski definition) is 1. The van der Waals surface area contributed by atoms with Crippen LogP contribution in [0.4, 0.5) is 0 Å². The first-order valence-electron chi connectivity index (χ1n) is 11.5. The van der Waals surface area contributed by atoms with E-state index in [2.05, 4.69) is 70.7 Å². The molecular formula is C27H41N. The molecule has 3 rings (SSSR count). The van der Waals surface area contributed by atoms with Crippen LogP contribution in [0.5, 0.6) is 0 Å². The van der Waals surface area contributed by atoms with E-state index < -0.39 is 0 Å². The summed E-state index contributed by atoms with van der Waals surface area (Å²) in [6.45, 7) is 11.9. The Labute approximate surface area is 173 Å². The first-order chi connectivity index (χ1) is 13.1. The van der Waals surface area contributed by atoms with E-state index in [1.54, 1.807) is 0 Å². The molecule has 2 fully saturated rings. The molecule has 154 valence electrons. The zero-order valence-corrected chi connectivity index (χ0v) is 18.9. The van der Waals surface area contributed by atoms with Crippen LogP contribution in [0, 0.1) is 28.1 Å². The fourth-order valence-corrected chi connectivity index (χ4v) is 6.29. The van der Waals surface area contributed by atoms with E-state index in [1.165, 1.54) is 56.9 Å². The average Bonchev–Trinajstić information content (AvgIpc) is 2.60. The number of benzene rings is 1. The molecule has 1 heteroatoms. The Kier molecular flexibility index (Phi) is 6.31. The van der Waals surface area contributed by atoms with Crippen molar-refractivity contribution >= 4 is 0 Å². The van der Waals surface area contributed by atoms with E-state index in [9.17, 15) is 0 Å². The van der Waals surface area contributed by atoms with E-state index in [-0.39, 0.29) is 11.5 Å². The minimum absolute atomic E-state index is 0.238. The predicted molar refractivity (Wildman–Crippen MR) is 121 cm³/mol. The van der Waals surface area contributed by atoms with Gasteiger partial charge in [-0.1, -0.05) is 70.9 Å². The van der Waals surface area contributed by atoms with Gasteiger partial charge in [0.15, 0.2) is 0 Å². The topological polar surface area (TPSA) is 26.0 Å². The quantitative estimate of drug-likeness (QED) is 0.560. The van der Waals surface area contributed by atoms with E-state index >= 15 is 0 Å². The van der Waals surface area contributed by atoms with Crippen LogP contribution in [0.25, 0.3) is 0 Å². The number of hydrogen-bond donors (Lipinski definition) is 1. The van der Waals surface area contributed by atoms with Gasteiger partial charge in [0, 0.05) is 18.0 Å². The highest BCUT2D eigenvalue weighted by molar-refractivity contribution is 5.37. The van der Waals surface area contributed by atoms with Crippen molar-refractivity contribution in [2.75, 3.05) is 0 Å². The van der Waals surface area contributed by atoms with Gasteiger partial charge in [-0.15, -0.1) is 0 Å². The molecular weight excluding hydrogens is 338 g/mol. The number of rotatable bonds is 3. The van der Waals surface area contributed by atoms with Crippen molar-refractivity contribution in [1.29, 1.82) is 0 Å². The first-order valence-corrected chi connectivity index (χ1v) is 11.5. The van der Waals surface area contributed by atoms with Crippen LogP contribution in [0.15, 0.2) is 24.3 Å². The summed E-state index contributed by atoms with van der Waals surface area (Å²) in [6, 6.07) is 9.36. The van der Waals surface area contributed by atoms with E-state index in [0.717, 1.165) is 12.0 Å². The molecule has 0 spiro atoms. The summed E-state index contributed by atoms with van der Waals surface area (Å²) in [4.78, 5) is 0. The second kappa shape index (κ2) is 8.23. The molecule has 0 aromatic heterocycles. The van der Waals surface area contributed by atoms with Crippen LogP contribution >= 0.6 is 0 Å². The molecule has 2 aliphatic carbocycles. The van der Waals surface area contributed by atoms with Gasteiger partial charge in [-0.2, -0.15) is 0 Å². The second-order valence-corrected chi connectivity index (χ2v) is 11.4. The standard InChI is InChI=1S/C27H41N/c1-21(28)27(15-7-6-8-16-27)17-9-10-22-11-13-23(14-12-22)24-18-25(2,3)20-26(4,5)19-24/h11-14,21,24H,6-8,15-20,28H2,1-5H3. The van der Waals surface area contributed by atoms with Crippen LogP contribution in [0.3, 0.4) is 0 Å². The molecule has 1 aromatic carbocycles. The highest BCUT2D eigenvalue weighted by Crippen LogP contribution is 2.51. The van der Waals surface area contributed by atoms with Gasteiger partial charge >= 0.3 is 0 Å². The summed E-state index contributed by atoms with van der Waals surface area (Å²) in [5.74, 6) is 7.59. The van der Waals surface area contributed by atoms with Gasteiger partial charge in [0.2, 0.25) is 0 Å². The summed E-state index contributed by atoms with van der Waals surface area (Å²) >= 11 is 0. The largest absolute Gasteiger partial charge is 0.327 e. The molecule has 0 bridgehead atoms. The third-order valence-corrected chi connectivity index (χ3v) is 7.43. The van der Waals surface area contributed by atoms with Crippen LogP contribution in [0.2, 0.25) is 0 Å².